The fourth-order valence-electron chi connectivity index (χ4n) is 2.17. The molecule has 116 valence electrons. The molecule has 2 rings (SSSR count). The summed E-state index contributed by atoms with van der Waals surface area (Å²) in [5.74, 6) is 1.78. The maximum atomic E-state index is 5.78. The van der Waals surface area contributed by atoms with Gasteiger partial charge in [0.05, 0.1) is 0 Å². The van der Waals surface area contributed by atoms with E-state index in [1.807, 2.05) is 53.6 Å². The summed E-state index contributed by atoms with van der Waals surface area (Å²) in [6.45, 7) is 15.7. The van der Waals surface area contributed by atoms with Crippen LogP contribution in [0.1, 0.15) is 47.5 Å². The fraction of sp³-hybridized carbons (Fsp3) is 0.444. The minimum Gasteiger partial charge on any atom is -0.526 e. The molecule has 1 aliphatic carbocycles. The Bertz CT molecular complexity index is 442. The Morgan fingerprint density at radius 3 is 2.43 bits per heavy atom. The van der Waals surface area contributed by atoms with Gasteiger partial charge >= 0.3 is 7.12 Å². The topological polar surface area (TPSA) is 18.5 Å². The summed E-state index contributed by atoms with van der Waals surface area (Å²) >= 11 is 0. The van der Waals surface area contributed by atoms with Gasteiger partial charge in [-0.3, -0.25) is 0 Å². The Balaban J connectivity index is 0.000000921. The van der Waals surface area contributed by atoms with E-state index in [1.54, 1.807) is 6.08 Å². The van der Waals surface area contributed by atoms with E-state index in [-0.39, 0.29) is 7.12 Å². The fourth-order valence-corrected chi connectivity index (χ4v) is 2.17. The Morgan fingerprint density at radius 2 is 1.86 bits per heavy atom. The molecule has 0 bridgehead atoms. The van der Waals surface area contributed by atoms with E-state index in [1.165, 1.54) is 5.57 Å². The van der Waals surface area contributed by atoms with Crippen LogP contribution in [0.3, 0.4) is 0 Å². The van der Waals surface area contributed by atoms with Gasteiger partial charge in [-0.1, -0.05) is 52.5 Å². The molecule has 1 aliphatic heterocycles. The first-order valence-electron chi connectivity index (χ1n) is 7.99. The summed E-state index contributed by atoms with van der Waals surface area (Å²) < 4.78 is 11.5. The van der Waals surface area contributed by atoms with Crippen molar-refractivity contribution in [3.8, 4) is 0 Å². The zero-order valence-corrected chi connectivity index (χ0v) is 14.4. The number of allylic oxidation sites excluding steroid dienone is 6. The third-order valence-electron chi connectivity index (χ3n) is 2.86. The van der Waals surface area contributed by atoms with Crippen LogP contribution < -0.4 is 0 Å². The van der Waals surface area contributed by atoms with Crippen molar-refractivity contribution in [1.82, 2.24) is 0 Å². The van der Waals surface area contributed by atoms with Crippen molar-refractivity contribution in [3.63, 3.8) is 0 Å². The molecule has 0 radical (unpaired) electrons. The molecule has 3 heteroatoms. The van der Waals surface area contributed by atoms with Crippen LogP contribution in [-0.4, -0.2) is 7.12 Å². The van der Waals surface area contributed by atoms with E-state index in [4.69, 9.17) is 9.31 Å². The van der Waals surface area contributed by atoms with Crippen molar-refractivity contribution in [2.45, 2.75) is 54.3 Å². The monoisotopic (exact) mass is 288 g/mol. The molecule has 2 nitrogen and oxygen atoms in total. The predicted molar refractivity (Wildman–Crippen MR) is 93.9 cm³/mol. The van der Waals surface area contributed by atoms with Crippen LogP contribution in [0.25, 0.3) is 0 Å². The predicted octanol–water partition coefficient (Wildman–Crippen LogP) is 5.82. The number of rotatable bonds is 1. The third-order valence-corrected chi connectivity index (χ3v) is 2.86. The van der Waals surface area contributed by atoms with Gasteiger partial charge in [0.2, 0.25) is 0 Å². The average molecular weight is 288 g/mol. The lowest BCUT2D eigenvalue weighted by Crippen LogP contribution is -2.15. The molecule has 0 fully saturated rings. The van der Waals surface area contributed by atoms with Crippen molar-refractivity contribution < 1.29 is 9.31 Å². The average Bonchev–Trinajstić information content (AvgIpc) is 2.66. The van der Waals surface area contributed by atoms with E-state index in [0.29, 0.717) is 0 Å². The van der Waals surface area contributed by atoms with Crippen LogP contribution in [0.5, 0.6) is 0 Å². The molecule has 0 atom stereocenters. The summed E-state index contributed by atoms with van der Waals surface area (Å²) in [5, 5.41) is 0. The molecular weight excluding hydrogens is 259 g/mol. The second-order valence-electron chi connectivity index (χ2n) is 4.06. The molecular formula is C18H29BO2. The Morgan fingerprint density at radius 1 is 1.19 bits per heavy atom. The summed E-state index contributed by atoms with van der Waals surface area (Å²) in [6.07, 6.45) is 11.9. The van der Waals surface area contributed by atoms with Gasteiger partial charge in [0.25, 0.3) is 0 Å². The van der Waals surface area contributed by atoms with Gasteiger partial charge in [-0.15, -0.1) is 0 Å². The highest BCUT2D eigenvalue weighted by Crippen LogP contribution is 2.34. The minimum absolute atomic E-state index is 0.272. The highest BCUT2D eigenvalue weighted by molar-refractivity contribution is 6.43. The largest absolute Gasteiger partial charge is 0.591 e. The molecule has 0 aromatic heterocycles. The van der Waals surface area contributed by atoms with Crippen molar-refractivity contribution in [2.75, 3.05) is 0 Å². The molecule has 1 heterocycles. The maximum absolute atomic E-state index is 5.78. The first-order chi connectivity index (χ1) is 10.3. The smallest absolute Gasteiger partial charge is 0.526 e. The molecule has 0 aromatic carbocycles. The van der Waals surface area contributed by atoms with Gasteiger partial charge in [-0.25, -0.2) is 0 Å². The second-order valence-corrected chi connectivity index (χ2v) is 4.06. The molecule has 0 saturated carbocycles. The lowest BCUT2D eigenvalue weighted by molar-refractivity contribution is 0.322. The molecule has 0 saturated heterocycles. The van der Waals surface area contributed by atoms with E-state index in [0.717, 1.165) is 29.9 Å². The summed E-state index contributed by atoms with van der Waals surface area (Å²) in [6, 6.07) is 0. The highest BCUT2D eigenvalue weighted by Gasteiger charge is 2.28. The zero-order valence-electron chi connectivity index (χ0n) is 14.4. The van der Waals surface area contributed by atoms with Gasteiger partial charge in [0, 0.05) is 11.1 Å². The quantitative estimate of drug-likeness (QED) is 0.566. The molecule has 0 unspecified atom stereocenters. The first-order valence-corrected chi connectivity index (χ1v) is 7.99. The van der Waals surface area contributed by atoms with Crippen LogP contribution in [0, 0.1) is 0 Å². The van der Waals surface area contributed by atoms with E-state index >= 15 is 0 Å². The van der Waals surface area contributed by atoms with Gasteiger partial charge in [-0.2, -0.15) is 0 Å². The molecule has 0 aromatic rings. The zero-order chi connectivity index (χ0) is 16.3. The lowest BCUT2D eigenvalue weighted by atomic mass is 9.94. The van der Waals surface area contributed by atoms with E-state index in [2.05, 4.69) is 18.7 Å². The summed E-state index contributed by atoms with van der Waals surface area (Å²) in [4.78, 5) is 0. The normalized spacial score (nSPS) is 20.2. The molecule has 0 spiro atoms. The molecule has 0 N–H and O–H groups in total. The van der Waals surface area contributed by atoms with Crippen molar-refractivity contribution in [3.05, 3.63) is 59.6 Å². The Hall–Kier alpha value is -1.64. The molecule has 0 amide bonds. The van der Waals surface area contributed by atoms with Crippen molar-refractivity contribution in [2.24, 2.45) is 0 Å². The van der Waals surface area contributed by atoms with E-state index < -0.39 is 0 Å². The van der Waals surface area contributed by atoms with Crippen molar-refractivity contribution in [1.29, 1.82) is 0 Å². The Kier molecular flexibility index (Phi) is 10.2. The molecule has 2 aliphatic rings. The second kappa shape index (κ2) is 11.1. The Labute approximate surface area is 131 Å². The van der Waals surface area contributed by atoms with Crippen LogP contribution in [0.15, 0.2) is 59.6 Å². The van der Waals surface area contributed by atoms with Gasteiger partial charge in [0.1, 0.15) is 11.5 Å². The number of hydrogen-bond donors (Lipinski definition) is 0. The van der Waals surface area contributed by atoms with Gasteiger partial charge < -0.3 is 9.31 Å². The highest BCUT2D eigenvalue weighted by atomic mass is 16.6. The lowest BCUT2D eigenvalue weighted by Gasteiger charge is -2.15. The standard InChI is InChI=1S/C14H17BO2.2C2H6/c1-4-8-13-11(5-2)12-9-6-7-10-14(12)17-15(3)16-13;2*1-2/h4-5,7-8,10H,1,6,9H2,2-3H3;2*1-2H3/b11-5-,13-8+;;. The third kappa shape index (κ3) is 5.33. The minimum atomic E-state index is -0.272. The maximum Gasteiger partial charge on any atom is 0.591 e. The van der Waals surface area contributed by atoms with Crippen LogP contribution in [0.2, 0.25) is 6.82 Å². The van der Waals surface area contributed by atoms with E-state index in [9.17, 15) is 0 Å². The van der Waals surface area contributed by atoms with Crippen molar-refractivity contribution >= 4 is 7.12 Å². The van der Waals surface area contributed by atoms with Crippen LogP contribution >= 0.6 is 0 Å². The molecule has 21 heavy (non-hydrogen) atoms. The van der Waals surface area contributed by atoms with Gasteiger partial charge in [-0.05, 0) is 38.7 Å². The summed E-state index contributed by atoms with van der Waals surface area (Å²) in [5.41, 5.74) is 2.35. The van der Waals surface area contributed by atoms with Crippen LogP contribution in [-0.2, 0) is 9.31 Å². The SMILES string of the molecule is C=C/C=C1/OB(C)OC2=C(CCC=C2)/C1=C/C.CC.CC. The number of hydrogen-bond acceptors (Lipinski definition) is 2. The van der Waals surface area contributed by atoms with Gasteiger partial charge in [0.15, 0.2) is 0 Å². The summed E-state index contributed by atoms with van der Waals surface area (Å²) in [7, 11) is -0.272. The van der Waals surface area contributed by atoms with Crippen LogP contribution in [0.4, 0.5) is 0 Å². The first kappa shape index (κ1) is 19.4.